The molecule has 1 heterocycles. The summed E-state index contributed by atoms with van der Waals surface area (Å²) in [6.07, 6.45) is 4.45. The number of amides is 1. The van der Waals surface area contributed by atoms with Gasteiger partial charge in [-0.05, 0) is 46.5 Å². The van der Waals surface area contributed by atoms with Crippen molar-refractivity contribution in [2.24, 2.45) is 5.73 Å². The third kappa shape index (κ3) is 4.35. The summed E-state index contributed by atoms with van der Waals surface area (Å²) in [7, 11) is 0. The lowest BCUT2D eigenvalue weighted by molar-refractivity contribution is -0.102. The van der Waals surface area contributed by atoms with Crippen molar-refractivity contribution in [2.45, 2.75) is 70.3 Å². The molecule has 0 aromatic carbocycles. The summed E-state index contributed by atoms with van der Waals surface area (Å²) in [6, 6.07) is 0.347. The molecular formula is C14H26N2O3. The van der Waals surface area contributed by atoms with Crippen molar-refractivity contribution in [1.29, 1.82) is 0 Å². The Morgan fingerprint density at radius 1 is 1.11 bits per heavy atom. The zero-order chi connectivity index (χ0) is 14.0. The number of hydrogen-bond donors (Lipinski definition) is 1. The van der Waals surface area contributed by atoms with E-state index in [-0.39, 0.29) is 12.2 Å². The third-order valence-electron chi connectivity index (χ3n) is 3.60. The molecule has 1 aliphatic carbocycles. The SMILES string of the molecule is CC(C)(C)OC(=O)N1CC(OC2CCC(N)CC2)C1. The maximum absolute atomic E-state index is 11.8. The lowest BCUT2D eigenvalue weighted by Crippen LogP contribution is -2.57. The van der Waals surface area contributed by atoms with Crippen LogP contribution in [0.2, 0.25) is 0 Å². The predicted molar refractivity (Wildman–Crippen MR) is 72.9 cm³/mol. The first-order valence-electron chi connectivity index (χ1n) is 7.22. The largest absolute Gasteiger partial charge is 0.444 e. The van der Waals surface area contributed by atoms with Crippen LogP contribution in [0.4, 0.5) is 4.79 Å². The van der Waals surface area contributed by atoms with Crippen LogP contribution in [0, 0.1) is 0 Å². The molecule has 0 spiro atoms. The first-order chi connectivity index (χ1) is 8.83. The minimum atomic E-state index is -0.428. The maximum atomic E-state index is 11.8. The molecule has 0 aromatic heterocycles. The summed E-state index contributed by atoms with van der Waals surface area (Å²) in [6.45, 7) is 6.94. The van der Waals surface area contributed by atoms with Crippen molar-refractivity contribution in [2.75, 3.05) is 13.1 Å². The minimum Gasteiger partial charge on any atom is -0.444 e. The number of carbonyl (C=O) groups is 1. The number of rotatable bonds is 2. The first kappa shape index (κ1) is 14.6. The molecule has 0 aromatic rings. The Morgan fingerprint density at radius 3 is 2.21 bits per heavy atom. The molecule has 2 aliphatic rings. The van der Waals surface area contributed by atoms with Crippen LogP contribution < -0.4 is 5.73 Å². The van der Waals surface area contributed by atoms with Crippen LogP contribution in [0.25, 0.3) is 0 Å². The van der Waals surface area contributed by atoms with Crippen LogP contribution in [0.5, 0.6) is 0 Å². The number of hydrogen-bond acceptors (Lipinski definition) is 4. The van der Waals surface area contributed by atoms with E-state index in [1.807, 2.05) is 20.8 Å². The smallest absolute Gasteiger partial charge is 0.410 e. The van der Waals surface area contributed by atoms with E-state index in [2.05, 4.69) is 0 Å². The lowest BCUT2D eigenvalue weighted by atomic mass is 9.93. The van der Waals surface area contributed by atoms with Crippen molar-refractivity contribution >= 4 is 6.09 Å². The van der Waals surface area contributed by atoms with Crippen LogP contribution in [-0.2, 0) is 9.47 Å². The topological polar surface area (TPSA) is 64.8 Å². The highest BCUT2D eigenvalue weighted by molar-refractivity contribution is 5.69. The third-order valence-corrected chi connectivity index (χ3v) is 3.60. The van der Waals surface area contributed by atoms with Crippen LogP contribution in [0.15, 0.2) is 0 Å². The quantitative estimate of drug-likeness (QED) is 0.832. The van der Waals surface area contributed by atoms with Gasteiger partial charge in [-0.2, -0.15) is 0 Å². The van der Waals surface area contributed by atoms with Gasteiger partial charge in [0, 0.05) is 6.04 Å². The molecule has 0 unspecified atom stereocenters. The molecule has 2 N–H and O–H groups in total. The Balaban J connectivity index is 1.65. The van der Waals surface area contributed by atoms with Gasteiger partial charge in [0.2, 0.25) is 0 Å². The van der Waals surface area contributed by atoms with Gasteiger partial charge in [-0.3, -0.25) is 0 Å². The second-order valence-corrected chi connectivity index (χ2v) is 6.68. The molecule has 110 valence electrons. The molecule has 2 fully saturated rings. The number of ether oxygens (including phenoxy) is 2. The van der Waals surface area contributed by atoms with Gasteiger partial charge in [-0.1, -0.05) is 0 Å². The highest BCUT2D eigenvalue weighted by Gasteiger charge is 2.36. The van der Waals surface area contributed by atoms with Crippen molar-refractivity contribution in [3.63, 3.8) is 0 Å². The molecule has 1 aliphatic heterocycles. The van der Waals surface area contributed by atoms with E-state index in [1.54, 1.807) is 4.90 Å². The highest BCUT2D eigenvalue weighted by atomic mass is 16.6. The monoisotopic (exact) mass is 270 g/mol. The van der Waals surface area contributed by atoms with Gasteiger partial charge in [0.25, 0.3) is 0 Å². The summed E-state index contributed by atoms with van der Waals surface area (Å²) < 4.78 is 11.3. The Labute approximate surface area is 115 Å². The summed E-state index contributed by atoms with van der Waals surface area (Å²) in [5, 5.41) is 0. The second kappa shape index (κ2) is 5.67. The van der Waals surface area contributed by atoms with Gasteiger partial charge in [0.15, 0.2) is 0 Å². The number of nitrogens with zero attached hydrogens (tertiary/aromatic N) is 1. The summed E-state index contributed by atoms with van der Waals surface area (Å²) in [5.41, 5.74) is 5.44. The van der Waals surface area contributed by atoms with Crippen molar-refractivity contribution in [1.82, 2.24) is 4.90 Å². The minimum absolute atomic E-state index is 0.173. The summed E-state index contributed by atoms with van der Waals surface area (Å²) in [4.78, 5) is 13.5. The Morgan fingerprint density at radius 2 is 1.68 bits per heavy atom. The molecule has 5 heteroatoms. The van der Waals surface area contributed by atoms with E-state index in [4.69, 9.17) is 15.2 Å². The van der Waals surface area contributed by atoms with Gasteiger partial charge in [0.1, 0.15) is 5.60 Å². The number of likely N-dealkylation sites (tertiary alicyclic amines) is 1. The van der Waals surface area contributed by atoms with E-state index in [1.165, 1.54) is 0 Å². The number of nitrogens with two attached hydrogens (primary N) is 1. The molecule has 5 nitrogen and oxygen atoms in total. The van der Waals surface area contributed by atoms with Crippen molar-refractivity contribution < 1.29 is 14.3 Å². The molecule has 0 atom stereocenters. The average molecular weight is 270 g/mol. The summed E-state index contributed by atoms with van der Waals surface area (Å²) in [5.74, 6) is 0. The zero-order valence-electron chi connectivity index (χ0n) is 12.2. The molecule has 2 rings (SSSR count). The van der Waals surface area contributed by atoms with Gasteiger partial charge >= 0.3 is 6.09 Å². The zero-order valence-corrected chi connectivity index (χ0v) is 12.2. The lowest BCUT2D eigenvalue weighted by Gasteiger charge is -2.41. The van der Waals surface area contributed by atoms with E-state index in [0.29, 0.717) is 25.2 Å². The van der Waals surface area contributed by atoms with Crippen LogP contribution in [0.1, 0.15) is 46.5 Å². The average Bonchev–Trinajstić information content (AvgIpc) is 2.22. The van der Waals surface area contributed by atoms with Gasteiger partial charge in [-0.15, -0.1) is 0 Å². The first-order valence-corrected chi connectivity index (χ1v) is 7.22. The predicted octanol–water partition coefficient (Wildman–Crippen LogP) is 1.89. The van der Waals surface area contributed by atoms with Crippen molar-refractivity contribution in [3.05, 3.63) is 0 Å². The van der Waals surface area contributed by atoms with Gasteiger partial charge < -0.3 is 20.1 Å². The highest BCUT2D eigenvalue weighted by Crippen LogP contribution is 2.24. The molecule has 0 bridgehead atoms. The normalized spacial score (nSPS) is 28.9. The van der Waals surface area contributed by atoms with Gasteiger partial charge in [-0.25, -0.2) is 4.79 Å². The summed E-state index contributed by atoms with van der Waals surface area (Å²) >= 11 is 0. The Hall–Kier alpha value is -0.810. The van der Waals surface area contributed by atoms with E-state index < -0.39 is 5.60 Å². The second-order valence-electron chi connectivity index (χ2n) is 6.68. The van der Waals surface area contributed by atoms with E-state index in [0.717, 1.165) is 25.7 Å². The fourth-order valence-electron chi connectivity index (χ4n) is 2.50. The molecular weight excluding hydrogens is 244 g/mol. The van der Waals surface area contributed by atoms with E-state index in [9.17, 15) is 4.79 Å². The van der Waals surface area contributed by atoms with Crippen molar-refractivity contribution in [3.8, 4) is 0 Å². The molecule has 0 radical (unpaired) electrons. The van der Waals surface area contributed by atoms with Crippen LogP contribution in [-0.4, -0.2) is 47.9 Å². The Kier molecular flexibility index (Phi) is 4.36. The molecule has 1 amide bonds. The molecule has 1 saturated carbocycles. The maximum Gasteiger partial charge on any atom is 0.410 e. The van der Waals surface area contributed by atoms with E-state index >= 15 is 0 Å². The number of carbonyl (C=O) groups excluding carboxylic acids is 1. The fourth-order valence-corrected chi connectivity index (χ4v) is 2.50. The van der Waals surface area contributed by atoms with Gasteiger partial charge in [0.05, 0.1) is 25.3 Å². The Bertz CT molecular complexity index is 313. The standard InChI is InChI=1S/C14H26N2O3/c1-14(2,3)19-13(17)16-8-12(9-16)18-11-6-4-10(15)5-7-11/h10-12H,4-9,15H2,1-3H3. The van der Waals surface area contributed by atoms with Crippen LogP contribution in [0.3, 0.4) is 0 Å². The fraction of sp³-hybridized carbons (Fsp3) is 0.929. The van der Waals surface area contributed by atoms with Crippen LogP contribution >= 0.6 is 0 Å². The molecule has 19 heavy (non-hydrogen) atoms. The molecule has 1 saturated heterocycles.